The first-order chi connectivity index (χ1) is 15.1. The van der Waals surface area contributed by atoms with E-state index >= 15 is 0 Å². The second kappa shape index (κ2) is 9.45. The number of aromatic nitrogens is 2. The molecule has 0 saturated heterocycles. The molecular formula is C25H25N3O3. The van der Waals surface area contributed by atoms with Gasteiger partial charge in [0, 0.05) is 0 Å². The molecule has 0 spiro atoms. The molecule has 4 rings (SSSR count). The molecule has 0 aliphatic rings. The number of hydrogen-bond acceptors (Lipinski definition) is 4. The molecule has 1 heterocycles. The highest BCUT2D eigenvalue weighted by atomic mass is 16.5. The van der Waals surface area contributed by atoms with E-state index in [4.69, 9.17) is 9.47 Å². The van der Waals surface area contributed by atoms with Gasteiger partial charge in [0.05, 0.1) is 37.1 Å². The second-order valence-electron chi connectivity index (χ2n) is 7.34. The van der Waals surface area contributed by atoms with Gasteiger partial charge in [0.2, 0.25) is 5.91 Å². The summed E-state index contributed by atoms with van der Waals surface area (Å²) in [6.07, 6.45) is 1.05. The molecule has 0 aliphatic heterocycles. The van der Waals surface area contributed by atoms with Crippen LogP contribution in [0.25, 0.3) is 11.0 Å². The van der Waals surface area contributed by atoms with Crippen molar-refractivity contribution in [1.29, 1.82) is 0 Å². The molecule has 0 aliphatic carbocycles. The van der Waals surface area contributed by atoms with Crippen molar-refractivity contribution in [3.05, 3.63) is 95.8 Å². The molecule has 0 saturated carbocycles. The molecule has 4 aromatic rings. The van der Waals surface area contributed by atoms with Crippen molar-refractivity contribution in [3.8, 4) is 5.75 Å². The van der Waals surface area contributed by atoms with Crippen molar-refractivity contribution in [1.82, 2.24) is 15.3 Å². The van der Waals surface area contributed by atoms with Crippen LogP contribution in [-0.2, 0) is 16.1 Å². The van der Waals surface area contributed by atoms with Crippen LogP contribution in [0.3, 0.4) is 0 Å². The Hall–Kier alpha value is -3.64. The lowest BCUT2D eigenvalue weighted by Gasteiger charge is -2.22. The van der Waals surface area contributed by atoms with Crippen molar-refractivity contribution in [2.45, 2.75) is 25.7 Å². The summed E-state index contributed by atoms with van der Waals surface area (Å²) in [6, 6.07) is 23.2. The third kappa shape index (κ3) is 4.92. The molecule has 2 unspecified atom stereocenters. The Morgan fingerprint density at radius 2 is 1.87 bits per heavy atom. The second-order valence-corrected chi connectivity index (χ2v) is 7.34. The van der Waals surface area contributed by atoms with Crippen LogP contribution in [0.5, 0.6) is 5.75 Å². The highest BCUT2D eigenvalue weighted by Gasteiger charge is 2.21. The number of benzene rings is 3. The summed E-state index contributed by atoms with van der Waals surface area (Å²) in [5.74, 6) is 0.581. The number of methoxy groups -OCH3 is 1. The largest absolute Gasteiger partial charge is 0.497 e. The van der Waals surface area contributed by atoms with Gasteiger partial charge >= 0.3 is 0 Å². The summed E-state index contributed by atoms with van der Waals surface area (Å²) in [5, 5.41) is 3.14. The zero-order valence-corrected chi connectivity index (χ0v) is 17.5. The van der Waals surface area contributed by atoms with E-state index in [-0.39, 0.29) is 11.9 Å². The van der Waals surface area contributed by atoms with Crippen LogP contribution >= 0.6 is 0 Å². The number of fused-ring (bicyclic) bond motifs is 1. The summed E-state index contributed by atoms with van der Waals surface area (Å²) in [4.78, 5) is 20.4. The smallest absolute Gasteiger partial charge is 0.249 e. The van der Waals surface area contributed by atoms with Crippen molar-refractivity contribution in [2.24, 2.45) is 0 Å². The minimum atomic E-state index is -0.617. The van der Waals surface area contributed by atoms with Gasteiger partial charge in [-0.05, 0) is 47.9 Å². The third-order valence-electron chi connectivity index (χ3n) is 5.20. The highest BCUT2D eigenvalue weighted by Crippen LogP contribution is 2.25. The topological polar surface area (TPSA) is 76.2 Å². The molecule has 6 heteroatoms. The van der Waals surface area contributed by atoms with E-state index in [0.29, 0.717) is 6.61 Å². The number of nitrogens with one attached hydrogen (secondary N) is 2. The monoisotopic (exact) mass is 415 g/mol. The fourth-order valence-electron chi connectivity index (χ4n) is 3.46. The van der Waals surface area contributed by atoms with Gasteiger partial charge in [0.15, 0.2) is 0 Å². The Morgan fingerprint density at radius 1 is 1.03 bits per heavy atom. The molecule has 6 nitrogen and oxygen atoms in total. The Labute approximate surface area is 181 Å². The van der Waals surface area contributed by atoms with Crippen LogP contribution in [0.15, 0.2) is 79.1 Å². The number of rotatable bonds is 8. The number of nitrogens with zero attached hydrogens (tertiary/aromatic N) is 1. The average Bonchev–Trinajstić information content (AvgIpc) is 3.29. The van der Waals surface area contributed by atoms with E-state index in [1.165, 1.54) is 0 Å². The van der Waals surface area contributed by atoms with Gasteiger partial charge in [-0.25, -0.2) is 4.98 Å². The Balaban J connectivity index is 1.50. The number of carbonyl (C=O) groups excluding carboxylic acids is 1. The van der Waals surface area contributed by atoms with Crippen LogP contribution in [0, 0.1) is 0 Å². The average molecular weight is 415 g/mol. The summed E-state index contributed by atoms with van der Waals surface area (Å²) >= 11 is 0. The Kier molecular flexibility index (Phi) is 6.29. The van der Waals surface area contributed by atoms with Crippen LogP contribution in [-0.4, -0.2) is 29.1 Å². The number of amides is 1. The van der Waals surface area contributed by atoms with E-state index in [0.717, 1.165) is 33.5 Å². The molecule has 1 amide bonds. The first-order valence-corrected chi connectivity index (χ1v) is 10.2. The van der Waals surface area contributed by atoms with Crippen molar-refractivity contribution >= 4 is 16.9 Å². The summed E-state index contributed by atoms with van der Waals surface area (Å²) in [6.45, 7) is 2.08. The molecular weight excluding hydrogens is 390 g/mol. The molecule has 0 radical (unpaired) electrons. The molecule has 3 aromatic carbocycles. The standard InChI is InChI=1S/C25H25N3O3/c1-17(31-15-18-7-6-10-21(13-18)30-2)25(29)28-24(19-8-4-3-5-9-19)20-11-12-22-23(14-20)27-16-26-22/h3-14,16-17,24H,15H2,1-2H3,(H,26,27)(H,28,29). The van der Waals surface area contributed by atoms with Crippen LogP contribution in [0.1, 0.15) is 29.7 Å². The highest BCUT2D eigenvalue weighted by molar-refractivity contribution is 5.82. The lowest BCUT2D eigenvalue weighted by atomic mass is 9.98. The maximum atomic E-state index is 13.0. The molecule has 2 atom stereocenters. The van der Waals surface area contributed by atoms with E-state index in [2.05, 4.69) is 15.3 Å². The predicted octanol–water partition coefficient (Wildman–Crippen LogP) is 4.38. The number of aromatic amines is 1. The van der Waals surface area contributed by atoms with Crippen molar-refractivity contribution in [3.63, 3.8) is 0 Å². The Bertz CT molecular complexity index is 1160. The van der Waals surface area contributed by atoms with Gasteiger partial charge in [-0.2, -0.15) is 0 Å². The van der Waals surface area contributed by atoms with Gasteiger partial charge < -0.3 is 19.8 Å². The van der Waals surface area contributed by atoms with E-state index in [1.54, 1.807) is 20.4 Å². The fraction of sp³-hybridized carbons (Fsp3) is 0.200. The van der Waals surface area contributed by atoms with Gasteiger partial charge in [-0.3, -0.25) is 4.79 Å². The zero-order chi connectivity index (χ0) is 21.6. The van der Waals surface area contributed by atoms with Crippen LogP contribution in [0.2, 0.25) is 0 Å². The third-order valence-corrected chi connectivity index (χ3v) is 5.20. The fourth-order valence-corrected chi connectivity index (χ4v) is 3.46. The molecule has 0 bridgehead atoms. The van der Waals surface area contributed by atoms with Gasteiger partial charge in [-0.1, -0.05) is 48.5 Å². The van der Waals surface area contributed by atoms with E-state index < -0.39 is 6.10 Å². The molecule has 2 N–H and O–H groups in total. The van der Waals surface area contributed by atoms with Gasteiger partial charge in [-0.15, -0.1) is 0 Å². The number of H-pyrrole nitrogens is 1. The number of ether oxygens (including phenoxy) is 2. The molecule has 158 valence electrons. The van der Waals surface area contributed by atoms with Gasteiger partial charge in [0.1, 0.15) is 11.9 Å². The van der Waals surface area contributed by atoms with Crippen molar-refractivity contribution in [2.75, 3.05) is 7.11 Å². The molecule has 31 heavy (non-hydrogen) atoms. The first-order valence-electron chi connectivity index (χ1n) is 10.2. The molecule has 1 aromatic heterocycles. The number of hydrogen-bond donors (Lipinski definition) is 2. The lowest BCUT2D eigenvalue weighted by molar-refractivity contribution is -0.133. The first kappa shape index (κ1) is 20.6. The van der Waals surface area contributed by atoms with E-state index in [9.17, 15) is 4.79 Å². The zero-order valence-electron chi connectivity index (χ0n) is 17.5. The summed E-state index contributed by atoms with van der Waals surface area (Å²) in [5.41, 5.74) is 4.72. The molecule has 0 fully saturated rings. The minimum Gasteiger partial charge on any atom is -0.497 e. The van der Waals surface area contributed by atoms with Crippen molar-refractivity contribution < 1.29 is 14.3 Å². The lowest BCUT2D eigenvalue weighted by Crippen LogP contribution is -2.37. The van der Waals surface area contributed by atoms with Crippen LogP contribution < -0.4 is 10.1 Å². The SMILES string of the molecule is COc1cccc(COC(C)C(=O)NC(c2ccccc2)c2ccc3nc[nH]c3c2)c1. The van der Waals surface area contributed by atoms with E-state index in [1.807, 2.05) is 72.8 Å². The quantitative estimate of drug-likeness (QED) is 0.448. The maximum absolute atomic E-state index is 13.0. The van der Waals surface area contributed by atoms with Crippen LogP contribution in [0.4, 0.5) is 0 Å². The number of imidazole rings is 1. The number of carbonyl (C=O) groups is 1. The minimum absolute atomic E-state index is 0.179. The Morgan fingerprint density at radius 3 is 2.68 bits per heavy atom. The predicted molar refractivity (Wildman–Crippen MR) is 120 cm³/mol. The maximum Gasteiger partial charge on any atom is 0.249 e. The summed E-state index contributed by atoms with van der Waals surface area (Å²) < 4.78 is 11.1. The normalized spacial score (nSPS) is 13.0. The van der Waals surface area contributed by atoms with Gasteiger partial charge in [0.25, 0.3) is 0 Å². The summed E-state index contributed by atoms with van der Waals surface area (Å²) in [7, 11) is 1.63.